The van der Waals surface area contributed by atoms with Crippen LogP contribution in [-0.4, -0.2) is 16.1 Å². The summed E-state index contributed by atoms with van der Waals surface area (Å²) in [6.45, 7) is -0.251. The van der Waals surface area contributed by atoms with Gasteiger partial charge in [-0.15, -0.1) is 0 Å². The Morgan fingerprint density at radius 1 is 1.35 bits per heavy atom. The van der Waals surface area contributed by atoms with E-state index in [9.17, 15) is 18.0 Å². The zero-order valence-corrected chi connectivity index (χ0v) is 10.2. The molecule has 20 heavy (non-hydrogen) atoms. The number of nitrogens with zero attached hydrogens (tertiary/aromatic N) is 1. The molecule has 0 aliphatic rings. The second-order valence-electron chi connectivity index (χ2n) is 4.02. The fraction of sp³-hybridized carbons (Fsp3) is 0.167. The van der Waals surface area contributed by atoms with E-state index in [-0.39, 0.29) is 23.5 Å². The van der Waals surface area contributed by atoms with Crippen molar-refractivity contribution in [2.24, 2.45) is 0 Å². The fourth-order valence-electron chi connectivity index (χ4n) is 1.70. The number of hydrogen-bond donors (Lipinski definition) is 3. The molecule has 4 N–H and O–H groups in total. The molecule has 8 heteroatoms. The highest BCUT2D eigenvalue weighted by molar-refractivity contribution is 5.98. The minimum Gasteiger partial charge on any atom is -0.382 e. The van der Waals surface area contributed by atoms with Crippen molar-refractivity contribution in [1.29, 1.82) is 0 Å². The molecule has 0 atom stereocenters. The first-order chi connectivity index (χ1) is 9.39. The number of benzene rings is 1. The summed E-state index contributed by atoms with van der Waals surface area (Å²) < 4.78 is 38.3. The fourth-order valence-corrected chi connectivity index (χ4v) is 1.70. The molecule has 0 radical (unpaired) electrons. The van der Waals surface area contributed by atoms with Crippen LogP contribution >= 0.6 is 0 Å². The van der Waals surface area contributed by atoms with Crippen molar-refractivity contribution in [3.63, 3.8) is 0 Å². The van der Waals surface area contributed by atoms with Gasteiger partial charge in [-0.2, -0.15) is 18.3 Å². The highest BCUT2D eigenvalue weighted by Crippen LogP contribution is 2.31. The van der Waals surface area contributed by atoms with Crippen molar-refractivity contribution in [3.8, 4) is 0 Å². The summed E-state index contributed by atoms with van der Waals surface area (Å²) in [5, 5.41) is 8.33. The lowest BCUT2D eigenvalue weighted by Gasteiger charge is -2.13. The molecular formula is C12H11F3N4O. The van der Waals surface area contributed by atoms with Gasteiger partial charge in [0.25, 0.3) is 5.91 Å². The van der Waals surface area contributed by atoms with Crippen molar-refractivity contribution in [2.75, 3.05) is 5.73 Å². The van der Waals surface area contributed by atoms with E-state index in [2.05, 4.69) is 15.5 Å². The zero-order chi connectivity index (χ0) is 14.8. The van der Waals surface area contributed by atoms with Gasteiger partial charge in [-0.25, -0.2) is 0 Å². The molecule has 0 saturated carbocycles. The summed E-state index contributed by atoms with van der Waals surface area (Å²) >= 11 is 0. The quantitative estimate of drug-likeness (QED) is 0.805. The Morgan fingerprint density at radius 3 is 2.65 bits per heavy atom. The van der Waals surface area contributed by atoms with Gasteiger partial charge in [0.1, 0.15) is 5.56 Å². The van der Waals surface area contributed by atoms with Crippen LogP contribution in [0.5, 0.6) is 0 Å². The molecule has 5 nitrogen and oxygen atoms in total. The average Bonchev–Trinajstić information content (AvgIpc) is 2.81. The first-order valence-electron chi connectivity index (χ1n) is 5.62. The Kier molecular flexibility index (Phi) is 3.64. The molecule has 0 spiro atoms. The number of amides is 1. The highest BCUT2D eigenvalue weighted by Gasteiger charge is 2.32. The van der Waals surface area contributed by atoms with Crippen LogP contribution in [-0.2, 0) is 12.7 Å². The minimum atomic E-state index is -4.46. The van der Waals surface area contributed by atoms with E-state index in [1.807, 2.05) is 0 Å². The third-order valence-electron chi connectivity index (χ3n) is 2.68. The Morgan fingerprint density at radius 2 is 2.05 bits per heavy atom. The average molecular weight is 284 g/mol. The molecule has 0 unspecified atom stereocenters. The summed E-state index contributed by atoms with van der Waals surface area (Å²) in [6, 6.07) is 5.04. The number of nitrogen functional groups attached to an aromatic ring is 1. The van der Waals surface area contributed by atoms with Gasteiger partial charge in [-0.05, 0) is 11.6 Å². The maximum atomic E-state index is 12.8. The van der Waals surface area contributed by atoms with E-state index in [1.165, 1.54) is 24.4 Å². The molecule has 0 saturated heterocycles. The van der Waals surface area contributed by atoms with Gasteiger partial charge in [0.05, 0.1) is 5.56 Å². The molecule has 2 aromatic rings. The van der Waals surface area contributed by atoms with Gasteiger partial charge < -0.3 is 11.1 Å². The molecule has 106 valence electrons. The standard InChI is InChI=1S/C12H11F3N4O/c13-12(14,15)9-4-2-1-3-7(9)5-17-11(20)8-6-18-19-10(8)16/h1-4,6H,5H2,(H,17,20)(H3,16,18,19). The summed E-state index contributed by atoms with van der Waals surface area (Å²) in [6.07, 6.45) is -3.18. The molecule has 0 fully saturated rings. The number of nitrogens with one attached hydrogen (secondary N) is 2. The first kappa shape index (κ1) is 13.9. The summed E-state index contributed by atoms with van der Waals surface area (Å²) in [7, 11) is 0. The molecule has 1 aromatic carbocycles. The van der Waals surface area contributed by atoms with Gasteiger partial charge in [0, 0.05) is 12.7 Å². The molecule has 2 rings (SSSR count). The van der Waals surface area contributed by atoms with E-state index >= 15 is 0 Å². The van der Waals surface area contributed by atoms with Crippen LogP contribution in [0, 0.1) is 0 Å². The lowest BCUT2D eigenvalue weighted by atomic mass is 10.1. The van der Waals surface area contributed by atoms with Gasteiger partial charge in [-0.3, -0.25) is 9.89 Å². The largest absolute Gasteiger partial charge is 0.416 e. The number of alkyl halides is 3. The number of hydrogen-bond acceptors (Lipinski definition) is 3. The summed E-state index contributed by atoms with van der Waals surface area (Å²) in [5.41, 5.74) is 4.72. The molecule has 0 aliphatic carbocycles. The Labute approximate surface area is 112 Å². The number of nitrogens with two attached hydrogens (primary N) is 1. The van der Waals surface area contributed by atoms with Crippen molar-refractivity contribution >= 4 is 11.7 Å². The smallest absolute Gasteiger partial charge is 0.382 e. The van der Waals surface area contributed by atoms with E-state index in [0.29, 0.717) is 0 Å². The number of anilines is 1. The van der Waals surface area contributed by atoms with Crippen LogP contribution in [0.1, 0.15) is 21.5 Å². The van der Waals surface area contributed by atoms with E-state index < -0.39 is 17.6 Å². The van der Waals surface area contributed by atoms with Crippen molar-refractivity contribution in [1.82, 2.24) is 15.5 Å². The topological polar surface area (TPSA) is 83.8 Å². The Balaban J connectivity index is 2.12. The Hall–Kier alpha value is -2.51. The van der Waals surface area contributed by atoms with Gasteiger partial charge in [-0.1, -0.05) is 18.2 Å². The predicted octanol–water partition coefficient (Wildman–Crippen LogP) is 1.94. The molecular weight excluding hydrogens is 273 g/mol. The molecule has 0 bridgehead atoms. The highest BCUT2D eigenvalue weighted by atomic mass is 19.4. The van der Waals surface area contributed by atoms with E-state index in [0.717, 1.165) is 6.07 Å². The molecule has 1 aromatic heterocycles. The number of H-pyrrole nitrogens is 1. The maximum absolute atomic E-state index is 12.8. The van der Waals surface area contributed by atoms with Crippen LogP contribution in [0.2, 0.25) is 0 Å². The lowest BCUT2D eigenvalue weighted by Crippen LogP contribution is -2.24. The van der Waals surface area contributed by atoms with Crippen LogP contribution in [0.3, 0.4) is 0 Å². The third kappa shape index (κ3) is 2.90. The van der Waals surface area contributed by atoms with Crippen LogP contribution in [0.25, 0.3) is 0 Å². The second kappa shape index (κ2) is 5.24. The number of carbonyl (C=O) groups is 1. The zero-order valence-electron chi connectivity index (χ0n) is 10.2. The van der Waals surface area contributed by atoms with Crippen molar-refractivity contribution in [2.45, 2.75) is 12.7 Å². The number of aromatic nitrogens is 2. The first-order valence-corrected chi connectivity index (χ1v) is 5.62. The van der Waals surface area contributed by atoms with E-state index in [4.69, 9.17) is 5.73 Å². The molecule has 1 heterocycles. The normalized spacial score (nSPS) is 11.3. The number of halogens is 3. The SMILES string of the molecule is Nc1n[nH]cc1C(=O)NCc1ccccc1C(F)(F)F. The van der Waals surface area contributed by atoms with E-state index in [1.54, 1.807) is 0 Å². The van der Waals surface area contributed by atoms with Gasteiger partial charge in [0.2, 0.25) is 0 Å². The minimum absolute atomic E-state index is 0.00777. The summed E-state index contributed by atoms with van der Waals surface area (Å²) in [5.74, 6) is -0.597. The Bertz CT molecular complexity index is 621. The van der Waals surface area contributed by atoms with Crippen LogP contribution in [0.4, 0.5) is 19.0 Å². The van der Waals surface area contributed by atoms with Crippen LogP contribution < -0.4 is 11.1 Å². The van der Waals surface area contributed by atoms with Crippen molar-refractivity contribution in [3.05, 3.63) is 47.2 Å². The maximum Gasteiger partial charge on any atom is 0.416 e. The summed E-state index contributed by atoms with van der Waals surface area (Å²) in [4.78, 5) is 11.7. The van der Waals surface area contributed by atoms with Crippen LogP contribution in [0.15, 0.2) is 30.5 Å². The number of rotatable bonds is 3. The molecule has 0 aliphatic heterocycles. The number of aromatic amines is 1. The lowest BCUT2D eigenvalue weighted by molar-refractivity contribution is -0.138. The monoisotopic (exact) mass is 284 g/mol. The van der Waals surface area contributed by atoms with Crippen molar-refractivity contribution < 1.29 is 18.0 Å². The van der Waals surface area contributed by atoms with Gasteiger partial charge in [0.15, 0.2) is 5.82 Å². The second-order valence-corrected chi connectivity index (χ2v) is 4.02. The predicted molar refractivity (Wildman–Crippen MR) is 65.6 cm³/mol. The van der Waals surface area contributed by atoms with Gasteiger partial charge >= 0.3 is 6.18 Å². The number of carbonyl (C=O) groups excluding carboxylic acids is 1. The third-order valence-corrected chi connectivity index (χ3v) is 2.68. The molecule has 1 amide bonds.